The first-order valence-electron chi connectivity index (χ1n) is 6.10. The lowest BCUT2D eigenvalue weighted by Crippen LogP contribution is -2.32. The van der Waals surface area contributed by atoms with Gasteiger partial charge in [0.15, 0.2) is 0 Å². The van der Waals surface area contributed by atoms with E-state index in [1.807, 2.05) is 36.4 Å². The zero-order valence-corrected chi connectivity index (χ0v) is 11.2. The van der Waals surface area contributed by atoms with Gasteiger partial charge < -0.3 is 10.4 Å². The summed E-state index contributed by atoms with van der Waals surface area (Å²) in [5.74, 6) is 0.199. The molecule has 2 rings (SSSR count). The summed E-state index contributed by atoms with van der Waals surface area (Å²) in [7, 11) is 0. The largest absolute Gasteiger partial charge is 0.391 e. The second-order valence-corrected chi connectivity index (χ2v) is 4.47. The molecule has 0 radical (unpaired) electrons. The number of halogens is 1. The Morgan fingerprint density at radius 2 is 1.63 bits per heavy atom. The molecule has 0 aliphatic carbocycles. The zero-order valence-electron chi connectivity index (χ0n) is 10.4. The summed E-state index contributed by atoms with van der Waals surface area (Å²) in [4.78, 5) is 8.68. The highest BCUT2D eigenvalue weighted by molar-refractivity contribution is 6.18. The van der Waals surface area contributed by atoms with Crippen LogP contribution in [0, 0.1) is 0 Å². The SMILES string of the molecule is OC(CCl)CNC(c1ccccn1)c1ccccn1. The zero-order chi connectivity index (χ0) is 13.5. The summed E-state index contributed by atoms with van der Waals surface area (Å²) in [5, 5.41) is 12.8. The maximum atomic E-state index is 9.57. The number of nitrogens with zero attached hydrogens (tertiary/aromatic N) is 2. The topological polar surface area (TPSA) is 58.0 Å². The lowest BCUT2D eigenvalue weighted by molar-refractivity contribution is 0.191. The fraction of sp³-hybridized carbons (Fsp3) is 0.286. The van der Waals surface area contributed by atoms with Gasteiger partial charge in [-0.05, 0) is 24.3 Å². The van der Waals surface area contributed by atoms with Gasteiger partial charge in [0.2, 0.25) is 0 Å². The van der Waals surface area contributed by atoms with Gasteiger partial charge in [0.1, 0.15) is 0 Å². The number of hydrogen-bond donors (Lipinski definition) is 2. The van der Waals surface area contributed by atoms with Gasteiger partial charge >= 0.3 is 0 Å². The van der Waals surface area contributed by atoms with E-state index < -0.39 is 6.10 Å². The molecule has 0 aromatic carbocycles. The van der Waals surface area contributed by atoms with Gasteiger partial charge in [-0.15, -0.1) is 11.6 Å². The van der Waals surface area contributed by atoms with Crippen LogP contribution in [0.2, 0.25) is 0 Å². The molecule has 0 spiro atoms. The molecule has 2 aromatic heterocycles. The van der Waals surface area contributed by atoms with Crippen molar-refractivity contribution in [1.29, 1.82) is 0 Å². The second kappa shape index (κ2) is 7.19. The molecule has 2 N–H and O–H groups in total. The van der Waals surface area contributed by atoms with Crippen molar-refractivity contribution < 1.29 is 5.11 Å². The van der Waals surface area contributed by atoms with Crippen molar-refractivity contribution in [2.24, 2.45) is 0 Å². The van der Waals surface area contributed by atoms with E-state index in [9.17, 15) is 5.11 Å². The minimum atomic E-state index is -0.586. The smallest absolute Gasteiger partial charge is 0.0925 e. The molecule has 1 atom stereocenters. The summed E-state index contributed by atoms with van der Waals surface area (Å²) < 4.78 is 0. The molecular formula is C14H16ClN3O. The summed E-state index contributed by atoms with van der Waals surface area (Å²) in [6.07, 6.45) is 2.90. The average Bonchev–Trinajstić information content (AvgIpc) is 2.49. The Morgan fingerprint density at radius 3 is 2.05 bits per heavy atom. The van der Waals surface area contributed by atoms with Crippen LogP contribution in [-0.4, -0.2) is 33.6 Å². The molecule has 1 unspecified atom stereocenters. The van der Waals surface area contributed by atoms with Crippen molar-refractivity contribution in [3.05, 3.63) is 60.2 Å². The Kier molecular flexibility index (Phi) is 5.27. The number of hydrogen-bond acceptors (Lipinski definition) is 4. The highest BCUT2D eigenvalue weighted by atomic mass is 35.5. The average molecular weight is 278 g/mol. The Balaban J connectivity index is 2.19. The van der Waals surface area contributed by atoms with E-state index >= 15 is 0 Å². The minimum Gasteiger partial charge on any atom is -0.391 e. The lowest BCUT2D eigenvalue weighted by atomic mass is 10.1. The second-order valence-electron chi connectivity index (χ2n) is 4.16. The van der Waals surface area contributed by atoms with Gasteiger partial charge in [0.05, 0.1) is 23.5 Å². The van der Waals surface area contributed by atoms with Crippen LogP contribution in [0.1, 0.15) is 17.4 Å². The van der Waals surface area contributed by atoms with Crippen LogP contribution in [0.25, 0.3) is 0 Å². The molecule has 0 aliphatic heterocycles. The van der Waals surface area contributed by atoms with Crippen molar-refractivity contribution in [1.82, 2.24) is 15.3 Å². The summed E-state index contributed by atoms with van der Waals surface area (Å²) in [5.41, 5.74) is 1.73. The number of aliphatic hydroxyl groups is 1. The van der Waals surface area contributed by atoms with E-state index in [-0.39, 0.29) is 11.9 Å². The highest BCUT2D eigenvalue weighted by Crippen LogP contribution is 2.17. The van der Waals surface area contributed by atoms with Gasteiger partial charge in [0, 0.05) is 24.8 Å². The van der Waals surface area contributed by atoms with E-state index in [4.69, 9.17) is 11.6 Å². The van der Waals surface area contributed by atoms with Crippen LogP contribution in [0.5, 0.6) is 0 Å². The quantitative estimate of drug-likeness (QED) is 0.790. The third-order valence-corrected chi connectivity index (χ3v) is 3.06. The van der Waals surface area contributed by atoms with Gasteiger partial charge in [0.25, 0.3) is 0 Å². The van der Waals surface area contributed by atoms with Crippen molar-refractivity contribution in [3.63, 3.8) is 0 Å². The Morgan fingerprint density at radius 1 is 1.05 bits per heavy atom. The van der Waals surface area contributed by atoms with E-state index in [1.54, 1.807) is 12.4 Å². The molecule has 4 nitrogen and oxygen atoms in total. The maximum absolute atomic E-state index is 9.57. The molecule has 0 saturated heterocycles. The minimum absolute atomic E-state index is 0.153. The number of nitrogens with one attached hydrogen (secondary N) is 1. The molecule has 19 heavy (non-hydrogen) atoms. The van der Waals surface area contributed by atoms with Crippen molar-refractivity contribution >= 4 is 11.6 Å². The van der Waals surface area contributed by atoms with E-state index in [1.165, 1.54) is 0 Å². The Bertz CT molecular complexity index is 441. The first kappa shape index (κ1) is 13.9. The lowest BCUT2D eigenvalue weighted by Gasteiger charge is -2.19. The van der Waals surface area contributed by atoms with E-state index in [0.29, 0.717) is 6.54 Å². The summed E-state index contributed by atoms with van der Waals surface area (Å²) in [6, 6.07) is 11.3. The van der Waals surface area contributed by atoms with Crippen LogP contribution < -0.4 is 5.32 Å². The first-order valence-corrected chi connectivity index (χ1v) is 6.64. The van der Waals surface area contributed by atoms with Crippen molar-refractivity contribution in [3.8, 4) is 0 Å². The third-order valence-electron chi connectivity index (χ3n) is 2.70. The van der Waals surface area contributed by atoms with Gasteiger partial charge in [-0.1, -0.05) is 12.1 Å². The van der Waals surface area contributed by atoms with Crippen molar-refractivity contribution in [2.45, 2.75) is 12.1 Å². The highest BCUT2D eigenvalue weighted by Gasteiger charge is 2.17. The van der Waals surface area contributed by atoms with Crippen LogP contribution in [0.15, 0.2) is 48.8 Å². The molecule has 2 aromatic rings. The van der Waals surface area contributed by atoms with Crippen LogP contribution in [0.4, 0.5) is 0 Å². The van der Waals surface area contributed by atoms with Crippen LogP contribution in [0.3, 0.4) is 0 Å². The van der Waals surface area contributed by atoms with Crippen LogP contribution in [-0.2, 0) is 0 Å². The molecule has 100 valence electrons. The Hall–Kier alpha value is -1.49. The van der Waals surface area contributed by atoms with Gasteiger partial charge in [-0.25, -0.2) is 0 Å². The molecule has 0 saturated carbocycles. The number of alkyl halides is 1. The predicted octanol–water partition coefficient (Wildman–Crippen LogP) is 1.76. The maximum Gasteiger partial charge on any atom is 0.0925 e. The normalized spacial score (nSPS) is 12.6. The summed E-state index contributed by atoms with van der Waals surface area (Å²) >= 11 is 5.61. The number of aromatic nitrogens is 2. The van der Waals surface area contributed by atoms with Gasteiger partial charge in [-0.3, -0.25) is 9.97 Å². The molecule has 0 fully saturated rings. The number of pyridine rings is 2. The molecule has 5 heteroatoms. The fourth-order valence-corrected chi connectivity index (χ4v) is 1.87. The van der Waals surface area contributed by atoms with Crippen molar-refractivity contribution in [2.75, 3.05) is 12.4 Å². The first-order chi connectivity index (χ1) is 9.31. The predicted molar refractivity (Wildman–Crippen MR) is 75.0 cm³/mol. The third kappa shape index (κ3) is 3.99. The fourth-order valence-electron chi connectivity index (χ4n) is 1.76. The van der Waals surface area contributed by atoms with Gasteiger partial charge in [-0.2, -0.15) is 0 Å². The summed E-state index contributed by atoms with van der Waals surface area (Å²) in [6.45, 7) is 0.390. The molecular weight excluding hydrogens is 262 g/mol. The Labute approximate surface area is 117 Å². The number of aliphatic hydroxyl groups excluding tert-OH is 1. The van der Waals surface area contributed by atoms with E-state index in [2.05, 4.69) is 15.3 Å². The molecule has 0 aliphatic rings. The van der Waals surface area contributed by atoms with E-state index in [0.717, 1.165) is 11.4 Å². The molecule has 0 amide bonds. The number of rotatable bonds is 6. The standard InChI is InChI=1S/C14H16ClN3O/c15-9-11(19)10-18-14(12-5-1-3-7-16-12)13-6-2-4-8-17-13/h1-8,11,14,18-19H,9-10H2. The molecule has 2 heterocycles. The monoisotopic (exact) mass is 277 g/mol. The van der Waals surface area contributed by atoms with Crippen LogP contribution >= 0.6 is 11.6 Å². The molecule has 0 bridgehead atoms.